The number of hydrogen-bond donors (Lipinski definition) is 0. The monoisotopic (exact) mass is 288 g/mol. The van der Waals surface area contributed by atoms with E-state index < -0.39 is 0 Å². The van der Waals surface area contributed by atoms with E-state index in [9.17, 15) is 4.79 Å². The smallest absolute Gasteiger partial charge is 0.123 e. The van der Waals surface area contributed by atoms with Gasteiger partial charge in [-0.05, 0) is 85.4 Å². The van der Waals surface area contributed by atoms with E-state index in [1.807, 2.05) is 0 Å². The fraction of sp³-hybridized carbons (Fsp3) is 0.950. The van der Waals surface area contributed by atoms with Crippen LogP contribution in [0.5, 0.6) is 0 Å². The van der Waals surface area contributed by atoms with Crippen molar-refractivity contribution in [3.05, 3.63) is 0 Å². The zero-order valence-electron chi connectivity index (χ0n) is 14.2. The summed E-state index contributed by atoms with van der Waals surface area (Å²) in [7, 11) is 0. The van der Waals surface area contributed by atoms with Gasteiger partial charge in [-0.1, -0.05) is 27.2 Å². The molecule has 4 aliphatic rings. The lowest BCUT2D eigenvalue weighted by atomic mass is 9.41. The Morgan fingerprint density at radius 1 is 0.905 bits per heavy atom. The molecule has 4 aliphatic carbocycles. The maximum Gasteiger partial charge on any atom is 0.123 e. The number of aldehydes is 1. The van der Waals surface area contributed by atoms with Crippen LogP contribution in [0.15, 0.2) is 0 Å². The number of carbonyl (C=O) groups is 1. The third-order valence-electron chi connectivity index (χ3n) is 8.66. The molecule has 0 amide bonds. The highest BCUT2D eigenvalue weighted by atomic mass is 16.1. The summed E-state index contributed by atoms with van der Waals surface area (Å²) in [6.45, 7) is 7.70. The second kappa shape index (κ2) is 4.36. The first-order valence-corrected chi connectivity index (χ1v) is 9.37. The van der Waals surface area contributed by atoms with E-state index in [1.54, 1.807) is 0 Å². The van der Waals surface area contributed by atoms with E-state index >= 15 is 0 Å². The van der Waals surface area contributed by atoms with Gasteiger partial charge in [0.1, 0.15) is 6.29 Å². The van der Waals surface area contributed by atoms with Gasteiger partial charge in [0.05, 0.1) is 0 Å². The minimum atomic E-state index is 0.395. The first-order chi connectivity index (χ1) is 9.91. The van der Waals surface area contributed by atoms with Gasteiger partial charge in [-0.2, -0.15) is 0 Å². The van der Waals surface area contributed by atoms with Gasteiger partial charge in [0.25, 0.3) is 0 Å². The Hall–Kier alpha value is -0.330. The van der Waals surface area contributed by atoms with Gasteiger partial charge >= 0.3 is 0 Å². The molecule has 1 nitrogen and oxygen atoms in total. The lowest BCUT2D eigenvalue weighted by Gasteiger charge is -2.64. The van der Waals surface area contributed by atoms with Crippen LogP contribution in [0.3, 0.4) is 0 Å². The SMILES string of the molecule is CC1(C)CCCC2(C)C1CCC13CC(C=O)C(CCC12)C3. The first kappa shape index (κ1) is 14.3. The zero-order chi connectivity index (χ0) is 14.9. The van der Waals surface area contributed by atoms with Gasteiger partial charge in [0.2, 0.25) is 0 Å². The van der Waals surface area contributed by atoms with Gasteiger partial charge in [-0.25, -0.2) is 0 Å². The van der Waals surface area contributed by atoms with Crippen molar-refractivity contribution < 1.29 is 4.79 Å². The number of hydrogen-bond acceptors (Lipinski definition) is 1. The van der Waals surface area contributed by atoms with E-state index in [1.165, 1.54) is 64.1 Å². The number of fused-ring (bicyclic) bond motifs is 3. The van der Waals surface area contributed by atoms with E-state index in [2.05, 4.69) is 20.8 Å². The van der Waals surface area contributed by atoms with Gasteiger partial charge < -0.3 is 4.79 Å². The van der Waals surface area contributed by atoms with Crippen LogP contribution < -0.4 is 0 Å². The maximum atomic E-state index is 11.5. The lowest BCUT2D eigenvalue weighted by Crippen LogP contribution is -2.55. The van der Waals surface area contributed by atoms with Gasteiger partial charge in [0.15, 0.2) is 0 Å². The molecule has 0 N–H and O–H groups in total. The normalized spacial score (nSPS) is 54.6. The Bertz CT molecular complexity index is 453. The molecule has 0 radical (unpaired) electrons. The summed E-state index contributed by atoms with van der Waals surface area (Å²) in [4.78, 5) is 11.5. The summed E-state index contributed by atoms with van der Waals surface area (Å²) in [5.74, 6) is 2.95. The molecular weight excluding hydrogens is 256 g/mol. The standard InChI is InChI=1S/C20H32O/c1-18(2)8-4-9-19(3)16(18)7-10-20-11-14(5-6-17(19)20)15(12-20)13-21/h13-17H,4-12H2,1-3H3. The third kappa shape index (κ3) is 1.78. The van der Waals surface area contributed by atoms with Crippen LogP contribution in [0.25, 0.3) is 0 Å². The highest BCUT2D eigenvalue weighted by molar-refractivity contribution is 5.55. The van der Waals surface area contributed by atoms with Crippen molar-refractivity contribution in [1.29, 1.82) is 0 Å². The minimum Gasteiger partial charge on any atom is -0.303 e. The fourth-order valence-corrected chi connectivity index (χ4v) is 7.98. The number of rotatable bonds is 1. The van der Waals surface area contributed by atoms with Gasteiger partial charge in [-0.3, -0.25) is 0 Å². The summed E-state index contributed by atoms with van der Waals surface area (Å²) < 4.78 is 0. The average Bonchev–Trinajstić information content (AvgIpc) is 2.68. The zero-order valence-corrected chi connectivity index (χ0v) is 14.2. The van der Waals surface area contributed by atoms with Gasteiger partial charge in [-0.15, -0.1) is 0 Å². The molecule has 0 aliphatic heterocycles. The molecule has 2 bridgehead atoms. The molecular formula is C20H32O. The average molecular weight is 288 g/mol. The quantitative estimate of drug-likeness (QED) is 0.603. The first-order valence-electron chi connectivity index (χ1n) is 9.37. The predicted molar refractivity (Wildman–Crippen MR) is 85.9 cm³/mol. The van der Waals surface area contributed by atoms with E-state index in [4.69, 9.17) is 0 Å². The van der Waals surface area contributed by atoms with Crippen molar-refractivity contribution in [2.45, 2.75) is 78.6 Å². The molecule has 4 saturated carbocycles. The molecule has 0 aromatic rings. The summed E-state index contributed by atoms with van der Waals surface area (Å²) >= 11 is 0. The third-order valence-corrected chi connectivity index (χ3v) is 8.66. The van der Waals surface area contributed by atoms with Crippen LogP contribution in [0.4, 0.5) is 0 Å². The Labute approximate surface area is 130 Å². The van der Waals surface area contributed by atoms with Crippen molar-refractivity contribution >= 4 is 6.29 Å². The van der Waals surface area contributed by atoms with Gasteiger partial charge in [0, 0.05) is 5.92 Å². The predicted octanol–water partition coefficient (Wildman–Crippen LogP) is 5.23. The largest absolute Gasteiger partial charge is 0.303 e. The molecule has 21 heavy (non-hydrogen) atoms. The molecule has 118 valence electrons. The van der Waals surface area contributed by atoms with Crippen molar-refractivity contribution in [3.63, 3.8) is 0 Å². The van der Waals surface area contributed by atoms with E-state index in [0.29, 0.717) is 22.2 Å². The van der Waals surface area contributed by atoms with Crippen LogP contribution in [0.1, 0.15) is 78.6 Å². The highest BCUT2D eigenvalue weighted by Gasteiger charge is 2.63. The van der Waals surface area contributed by atoms with Crippen LogP contribution >= 0.6 is 0 Å². The van der Waals surface area contributed by atoms with Crippen molar-refractivity contribution in [1.82, 2.24) is 0 Å². The van der Waals surface area contributed by atoms with Crippen LogP contribution in [-0.2, 0) is 4.79 Å². The van der Waals surface area contributed by atoms with Crippen molar-refractivity contribution in [3.8, 4) is 0 Å². The lowest BCUT2D eigenvalue weighted by molar-refractivity contribution is -0.144. The van der Waals surface area contributed by atoms with Crippen molar-refractivity contribution in [2.24, 2.45) is 39.9 Å². The van der Waals surface area contributed by atoms with Crippen molar-refractivity contribution in [2.75, 3.05) is 0 Å². The molecule has 0 saturated heterocycles. The second-order valence-corrected chi connectivity index (χ2v) is 9.90. The molecule has 6 unspecified atom stereocenters. The molecule has 4 rings (SSSR count). The van der Waals surface area contributed by atoms with Crippen LogP contribution in [-0.4, -0.2) is 6.29 Å². The Morgan fingerprint density at radius 2 is 1.71 bits per heavy atom. The maximum absolute atomic E-state index is 11.5. The molecule has 0 aromatic carbocycles. The summed E-state index contributed by atoms with van der Waals surface area (Å²) in [6, 6.07) is 0. The fourth-order valence-electron chi connectivity index (χ4n) is 7.98. The Morgan fingerprint density at radius 3 is 2.48 bits per heavy atom. The Balaban J connectivity index is 1.71. The molecule has 1 heteroatoms. The molecule has 4 fully saturated rings. The van der Waals surface area contributed by atoms with E-state index in [-0.39, 0.29) is 0 Å². The summed E-state index contributed by atoms with van der Waals surface area (Å²) in [6.07, 6.45) is 13.8. The molecule has 6 atom stereocenters. The molecule has 0 heterocycles. The van der Waals surface area contributed by atoms with Crippen LogP contribution in [0, 0.1) is 39.9 Å². The number of carbonyl (C=O) groups excluding carboxylic acids is 1. The minimum absolute atomic E-state index is 0.395. The van der Waals surface area contributed by atoms with E-state index in [0.717, 1.165) is 17.8 Å². The highest BCUT2D eigenvalue weighted by Crippen LogP contribution is 2.72. The summed E-state index contributed by atoms with van der Waals surface area (Å²) in [5.41, 5.74) is 1.64. The molecule has 0 aromatic heterocycles. The topological polar surface area (TPSA) is 17.1 Å². The second-order valence-electron chi connectivity index (χ2n) is 9.90. The molecule has 1 spiro atoms. The van der Waals surface area contributed by atoms with Crippen LogP contribution in [0.2, 0.25) is 0 Å². The summed E-state index contributed by atoms with van der Waals surface area (Å²) in [5, 5.41) is 0. The Kier molecular flexibility index (Phi) is 2.96.